The highest BCUT2D eigenvalue weighted by Gasteiger charge is 2.18. The Morgan fingerprint density at radius 1 is 1.59 bits per heavy atom. The fourth-order valence-corrected chi connectivity index (χ4v) is 1.50. The number of hydrogen-bond acceptors (Lipinski definition) is 4. The van der Waals surface area contributed by atoms with Gasteiger partial charge in [-0.3, -0.25) is 4.79 Å². The predicted molar refractivity (Wildman–Crippen MR) is 58.4 cm³/mol. The summed E-state index contributed by atoms with van der Waals surface area (Å²) in [4.78, 5) is 10.4. The van der Waals surface area contributed by atoms with Gasteiger partial charge in [-0.05, 0) is 12.5 Å². The van der Waals surface area contributed by atoms with Gasteiger partial charge in [0.1, 0.15) is 0 Å². The van der Waals surface area contributed by atoms with Gasteiger partial charge in [-0.15, -0.1) is 0 Å². The molecule has 17 heavy (non-hydrogen) atoms. The molecule has 0 saturated carbocycles. The SMILES string of the molecule is COc1c(C(N)CCC(=O)O)ccc(F)c1O. The zero-order chi connectivity index (χ0) is 13.0. The van der Waals surface area contributed by atoms with Gasteiger partial charge in [0.2, 0.25) is 0 Å². The van der Waals surface area contributed by atoms with Crippen LogP contribution in [-0.2, 0) is 4.79 Å². The Hall–Kier alpha value is -1.82. The first-order chi connectivity index (χ1) is 7.97. The molecular weight excluding hydrogens is 229 g/mol. The average molecular weight is 243 g/mol. The first kappa shape index (κ1) is 13.2. The number of phenolic OH excluding ortho intramolecular Hbond substituents is 1. The zero-order valence-corrected chi connectivity index (χ0v) is 9.31. The fourth-order valence-electron chi connectivity index (χ4n) is 1.50. The molecule has 0 saturated heterocycles. The molecule has 0 spiro atoms. The molecule has 0 aliphatic carbocycles. The minimum Gasteiger partial charge on any atom is -0.502 e. The summed E-state index contributed by atoms with van der Waals surface area (Å²) < 4.78 is 17.9. The van der Waals surface area contributed by atoms with Crippen LogP contribution in [0.4, 0.5) is 4.39 Å². The van der Waals surface area contributed by atoms with Crippen LogP contribution in [0.25, 0.3) is 0 Å². The van der Waals surface area contributed by atoms with Crippen molar-refractivity contribution in [2.75, 3.05) is 7.11 Å². The second-order valence-electron chi connectivity index (χ2n) is 3.56. The number of aromatic hydroxyl groups is 1. The van der Waals surface area contributed by atoms with Crippen LogP contribution < -0.4 is 10.5 Å². The van der Waals surface area contributed by atoms with E-state index in [9.17, 15) is 14.3 Å². The fraction of sp³-hybridized carbons (Fsp3) is 0.364. The number of rotatable bonds is 5. The van der Waals surface area contributed by atoms with Crippen LogP contribution in [0.1, 0.15) is 24.4 Å². The van der Waals surface area contributed by atoms with Crippen molar-refractivity contribution < 1.29 is 24.1 Å². The number of carboxylic acids is 1. The molecular formula is C11H14FNO4. The second kappa shape index (κ2) is 5.49. The Morgan fingerprint density at radius 2 is 2.24 bits per heavy atom. The predicted octanol–water partition coefficient (Wildman–Crippen LogP) is 1.40. The summed E-state index contributed by atoms with van der Waals surface area (Å²) in [5, 5.41) is 18.0. The van der Waals surface area contributed by atoms with E-state index in [1.165, 1.54) is 13.2 Å². The van der Waals surface area contributed by atoms with Crippen molar-refractivity contribution in [3.63, 3.8) is 0 Å². The topological polar surface area (TPSA) is 92.8 Å². The molecule has 0 aromatic heterocycles. The summed E-state index contributed by atoms with van der Waals surface area (Å²) in [5.41, 5.74) is 6.14. The molecule has 0 aliphatic heterocycles. The monoisotopic (exact) mass is 243 g/mol. The number of halogens is 1. The van der Waals surface area contributed by atoms with Crippen LogP contribution in [0.15, 0.2) is 12.1 Å². The lowest BCUT2D eigenvalue weighted by atomic mass is 10.0. The van der Waals surface area contributed by atoms with Gasteiger partial charge in [0.25, 0.3) is 0 Å². The molecule has 1 aromatic carbocycles. The molecule has 0 radical (unpaired) electrons. The van der Waals surface area contributed by atoms with Crippen LogP contribution in [0, 0.1) is 5.82 Å². The number of aliphatic carboxylic acids is 1. The summed E-state index contributed by atoms with van der Waals surface area (Å²) in [7, 11) is 1.28. The highest BCUT2D eigenvalue weighted by molar-refractivity contribution is 5.66. The Balaban J connectivity index is 2.97. The molecule has 0 bridgehead atoms. The molecule has 1 aromatic rings. The Morgan fingerprint density at radius 3 is 2.76 bits per heavy atom. The van der Waals surface area contributed by atoms with Crippen molar-refractivity contribution in [3.8, 4) is 11.5 Å². The summed E-state index contributed by atoms with van der Waals surface area (Å²) in [6, 6.07) is 1.81. The third kappa shape index (κ3) is 3.07. The molecule has 1 unspecified atom stereocenters. The molecule has 1 rings (SSSR count). The van der Waals surface area contributed by atoms with Gasteiger partial charge in [-0.2, -0.15) is 0 Å². The van der Waals surface area contributed by atoms with E-state index < -0.39 is 23.6 Å². The lowest BCUT2D eigenvalue weighted by Gasteiger charge is -2.16. The van der Waals surface area contributed by atoms with Crippen molar-refractivity contribution in [2.24, 2.45) is 5.73 Å². The zero-order valence-electron chi connectivity index (χ0n) is 9.31. The molecule has 0 amide bonds. The highest BCUT2D eigenvalue weighted by atomic mass is 19.1. The summed E-state index contributed by atoms with van der Waals surface area (Å²) in [6.07, 6.45) is 0.0687. The Bertz CT molecular complexity index is 422. The van der Waals surface area contributed by atoms with E-state index >= 15 is 0 Å². The number of hydrogen-bond donors (Lipinski definition) is 3. The van der Waals surface area contributed by atoms with Gasteiger partial charge < -0.3 is 20.7 Å². The average Bonchev–Trinajstić information content (AvgIpc) is 2.29. The van der Waals surface area contributed by atoms with Crippen molar-refractivity contribution in [1.29, 1.82) is 0 Å². The number of carboxylic acid groups (broad SMARTS) is 1. The van der Waals surface area contributed by atoms with E-state index in [2.05, 4.69) is 0 Å². The summed E-state index contributed by atoms with van der Waals surface area (Å²) in [6.45, 7) is 0. The van der Waals surface area contributed by atoms with Crippen LogP contribution in [-0.4, -0.2) is 23.3 Å². The van der Waals surface area contributed by atoms with E-state index in [4.69, 9.17) is 15.6 Å². The maximum absolute atomic E-state index is 13.1. The maximum Gasteiger partial charge on any atom is 0.303 e. The molecule has 0 heterocycles. The van der Waals surface area contributed by atoms with Crippen molar-refractivity contribution in [2.45, 2.75) is 18.9 Å². The van der Waals surface area contributed by atoms with Gasteiger partial charge in [-0.1, -0.05) is 6.07 Å². The Labute approximate surface area is 97.6 Å². The number of ether oxygens (including phenoxy) is 1. The molecule has 0 aliphatic rings. The molecule has 6 heteroatoms. The highest BCUT2D eigenvalue weighted by Crippen LogP contribution is 2.36. The Kier molecular flexibility index (Phi) is 4.28. The van der Waals surface area contributed by atoms with Gasteiger partial charge >= 0.3 is 5.97 Å². The van der Waals surface area contributed by atoms with Gasteiger partial charge in [0.05, 0.1) is 7.11 Å². The quantitative estimate of drug-likeness (QED) is 0.727. The summed E-state index contributed by atoms with van der Waals surface area (Å²) >= 11 is 0. The first-order valence-corrected chi connectivity index (χ1v) is 5.00. The van der Waals surface area contributed by atoms with Gasteiger partial charge in [0.15, 0.2) is 17.3 Å². The maximum atomic E-state index is 13.1. The molecule has 5 nitrogen and oxygen atoms in total. The van der Waals surface area contributed by atoms with E-state index in [-0.39, 0.29) is 18.6 Å². The van der Waals surface area contributed by atoms with Crippen molar-refractivity contribution >= 4 is 5.97 Å². The lowest BCUT2D eigenvalue weighted by molar-refractivity contribution is -0.137. The minimum atomic E-state index is -0.967. The van der Waals surface area contributed by atoms with Crippen LogP contribution in [0.5, 0.6) is 11.5 Å². The number of methoxy groups -OCH3 is 1. The number of carbonyl (C=O) groups is 1. The third-order valence-electron chi connectivity index (χ3n) is 2.39. The van der Waals surface area contributed by atoms with Gasteiger partial charge in [0, 0.05) is 18.0 Å². The lowest BCUT2D eigenvalue weighted by Crippen LogP contribution is -2.13. The molecule has 94 valence electrons. The smallest absolute Gasteiger partial charge is 0.303 e. The van der Waals surface area contributed by atoms with E-state index in [1.54, 1.807) is 0 Å². The van der Waals surface area contributed by atoms with Gasteiger partial charge in [-0.25, -0.2) is 4.39 Å². The number of nitrogens with two attached hydrogens (primary N) is 1. The molecule has 1 atom stereocenters. The van der Waals surface area contributed by atoms with Crippen molar-refractivity contribution in [1.82, 2.24) is 0 Å². The minimum absolute atomic E-state index is 0.0529. The number of phenols is 1. The molecule has 4 N–H and O–H groups in total. The number of benzene rings is 1. The molecule has 0 fully saturated rings. The first-order valence-electron chi connectivity index (χ1n) is 5.00. The summed E-state index contributed by atoms with van der Waals surface area (Å²) in [5.74, 6) is -2.44. The normalized spacial score (nSPS) is 12.2. The standard InChI is InChI=1S/C11H14FNO4/c1-17-11-6(2-3-7(12)10(11)16)8(13)4-5-9(14)15/h2-3,8,16H,4-5,13H2,1H3,(H,14,15). The van der Waals surface area contributed by atoms with Crippen molar-refractivity contribution in [3.05, 3.63) is 23.5 Å². The van der Waals surface area contributed by atoms with E-state index in [0.29, 0.717) is 5.56 Å². The van der Waals surface area contributed by atoms with Crippen LogP contribution >= 0.6 is 0 Å². The third-order valence-corrected chi connectivity index (χ3v) is 2.39. The second-order valence-corrected chi connectivity index (χ2v) is 3.56. The van der Waals surface area contributed by atoms with E-state index in [1.807, 2.05) is 0 Å². The van der Waals surface area contributed by atoms with Crippen LogP contribution in [0.2, 0.25) is 0 Å². The van der Waals surface area contributed by atoms with Crippen LogP contribution in [0.3, 0.4) is 0 Å². The van der Waals surface area contributed by atoms with E-state index in [0.717, 1.165) is 6.07 Å². The largest absolute Gasteiger partial charge is 0.502 e.